The van der Waals surface area contributed by atoms with Crippen molar-refractivity contribution in [1.82, 2.24) is 0 Å². The van der Waals surface area contributed by atoms with Crippen LogP contribution in [0.1, 0.15) is 55.8 Å². The first kappa shape index (κ1) is 14.4. The van der Waals surface area contributed by atoms with Crippen LogP contribution < -0.4 is 10.5 Å². The summed E-state index contributed by atoms with van der Waals surface area (Å²) in [4.78, 5) is 0. The second-order valence-corrected chi connectivity index (χ2v) is 6.69. The molecule has 0 spiro atoms. The van der Waals surface area contributed by atoms with Crippen LogP contribution in [0.5, 0.6) is 5.75 Å². The Morgan fingerprint density at radius 2 is 1.95 bits per heavy atom. The van der Waals surface area contributed by atoms with Gasteiger partial charge in [0.15, 0.2) is 0 Å². The third-order valence-corrected chi connectivity index (χ3v) is 4.92. The molecule has 0 radical (unpaired) electrons. The summed E-state index contributed by atoms with van der Waals surface area (Å²) < 4.78 is 5.39. The Balaban J connectivity index is 2.34. The molecular weight excluding hydrogens is 234 g/mol. The summed E-state index contributed by atoms with van der Waals surface area (Å²) >= 11 is 0. The van der Waals surface area contributed by atoms with E-state index in [4.69, 9.17) is 10.5 Å². The summed E-state index contributed by atoms with van der Waals surface area (Å²) in [6.07, 6.45) is 3.85. The van der Waals surface area contributed by atoms with Gasteiger partial charge in [0.1, 0.15) is 5.75 Å². The number of hydrogen-bond donors (Lipinski definition) is 1. The van der Waals surface area contributed by atoms with Gasteiger partial charge in [-0.2, -0.15) is 0 Å². The maximum atomic E-state index is 6.60. The van der Waals surface area contributed by atoms with Crippen molar-refractivity contribution < 1.29 is 4.74 Å². The molecule has 1 aliphatic carbocycles. The van der Waals surface area contributed by atoms with E-state index >= 15 is 0 Å². The Morgan fingerprint density at radius 1 is 1.26 bits per heavy atom. The molecule has 0 saturated heterocycles. The largest absolute Gasteiger partial charge is 0.496 e. The minimum atomic E-state index is 0.141. The fourth-order valence-corrected chi connectivity index (χ4v) is 3.63. The number of aryl methyl sites for hydroxylation is 2. The molecule has 1 aromatic rings. The van der Waals surface area contributed by atoms with Gasteiger partial charge in [0.25, 0.3) is 0 Å². The number of hydrogen-bond acceptors (Lipinski definition) is 2. The van der Waals surface area contributed by atoms with Gasteiger partial charge in [0.05, 0.1) is 7.11 Å². The Morgan fingerprint density at radius 3 is 2.47 bits per heavy atom. The zero-order valence-electron chi connectivity index (χ0n) is 12.9. The molecule has 106 valence electrons. The van der Waals surface area contributed by atoms with E-state index in [-0.39, 0.29) is 6.04 Å². The van der Waals surface area contributed by atoms with Crippen molar-refractivity contribution in [3.05, 3.63) is 28.8 Å². The van der Waals surface area contributed by atoms with Crippen LogP contribution in [0.15, 0.2) is 12.1 Å². The van der Waals surface area contributed by atoms with Crippen LogP contribution in [0.25, 0.3) is 0 Å². The average molecular weight is 261 g/mol. The molecule has 1 saturated carbocycles. The topological polar surface area (TPSA) is 35.2 Å². The molecule has 1 aromatic carbocycles. The van der Waals surface area contributed by atoms with Crippen LogP contribution in [0.3, 0.4) is 0 Å². The number of benzene rings is 1. The lowest BCUT2D eigenvalue weighted by molar-refractivity contribution is 0.221. The van der Waals surface area contributed by atoms with Crippen molar-refractivity contribution in [1.29, 1.82) is 0 Å². The van der Waals surface area contributed by atoms with Crippen LogP contribution in [0.2, 0.25) is 0 Å². The highest BCUT2D eigenvalue weighted by atomic mass is 16.5. The third-order valence-electron chi connectivity index (χ3n) is 4.92. The number of rotatable bonds is 3. The highest BCUT2D eigenvalue weighted by Gasteiger charge is 2.39. The molecule has 0 heterocycles. The second-order valence-electron chi connectivity index (χ2n) is 6.69. The van der Waals surface area contributed by atoms with Gasteiger partial charge < -0.3 is 10.5 Å². The Labute approximate surface area is 117 Å². The number of methoxy groups -OCH3 is 1. The minimum Gasteiger partial charge on any atom is -0.496 e. The standard InChI is InChI=1S/C17H27NO/c1-11-10-15(19-5)12(2)9-13(11)16(18)14-7-6-8-17(14,3)4/h9-10,14,16H,6-8,18H2,1-5H3. The van der Waals surface area contributed by atoms with E-state index in [1.165, 1.54) is 36.0 Å². The predicted molar refractivity (Wildman–Crippen MR) is 80.5 cm³/mol. The molecule has 2 heteroatoms. The van der Waals surface area contributed by atoms with Gasteiger partial charge in [-0.25, -0.2) is 0 Å². The van der Waals surface area contributed by atoms with Gasteiger partial charge in [-0.15, -0.1) is 0 Å². The first-order chi connectivity index (χ1) is 8.86. The van der Waals surface area contributed by atoms with Gasteiger partial charge in [0, 0.05) is 6.04 Å². The fraction of sp³-hybridized carbons (Fsp3) is 0.647. The van der Waals surface area contributed by atoms with Crippen molar-refractivity contribution in [3.63, 3.8) is 0 Å². The highest BCUT2D eigenvalue weighted by molar-refractivity contribution is 5.43. The van der Waals surface area contributed by atoms with Crippen LogP contribution in [-0.2, 0) is 0 Å². The van der Waals surface area contributed by atoms with Crippen LogP contribution in [0, 0.1) is 25.2 Å². The Kier molecular flexibility index (Phi) is 3.91. The lowest BCUT2D eigenvalue weighted by Crippen LogP contribution is -2.30. The normalized spacial score (nSPS) is 23.4. The van der Waals surface area contributed by atoms with Crippen LogP contribution >= 0.6 is 0 Å². The van der Waals surface area contributed by atoms with Crippen molar-refractivity contribution in [2.24, 2.45) is 17.1 Å². The Hall–Kier alpha value is -1.02. The van der Waals surface area contributed by atoms with Crippen molar-refractivity contribution in [2.75, 3.05) is 7.11 Å². The van der Waals surface area contributed by atoms with Gasteiger partial charge in [-0.3, -0.25) is 0 Å². The molecule has 2 nitrogen and oxygen atoms in total. The van der Waals surface area contributed by atoms with Crippen molar-refractivity contribution >= 4 is 0 Å². The summed E-state index contributed by atoms with van der Waals surface area (Å²) in [7, 11) is 1.72. The number of ether oxygens (including phenoxy) is 1. The van der Waals surface area contributed by atoms with E-state index in [1.807, 2.05) is 0 Å². The fourth-order valence-electron chi connectivity index (χ4n) is 3.63. The molecule has 2 N–H and O–H groups in total. The molecule has 0 bridgehead atoms. The summed E-state index contributed by atoms with van der Waals surface area (Å²) in [5, 5.41) is 0. The summed E-state index contributed by atoms with van der Waals surface area (Å²) in [6.45, 7) is 8.94. The molecule has 2 atom stereocenters. The average Bonchev–Trinajstić information content (AvgIpc) is 2.70. The molecule has 1 fully saturated rings. The SMILES string of the molecule is COc1cc(C)c(C(N)C2CCCC2(C)C)cc1C. The lowest BCUT2D eigenvalue weighted by atomic mass is 9.75. The molecular formula is C17H27NO. The van der Waals surface area contributed by atoms with E-state index in [0.717, 1.165) is 5.75 Å². The molecule has 1 aliphatic rings. The maximum Gasteiger partial charge on any atom is 0.122 e. The van der Waals surface area contributed by atoms with Crippen molar-refractivity contribution in [2.45, 2.75) is 53.0 Å². The monoisotopic (exact) mass is 261 g/mol. The van der Waals surface area contributed by atoms with Gasteiger partial charge in [-0.1, -0.05) is 26.3 Å². The summed E-state index contributed by atoms with van der Waals surface area (Å²) in [5.41, 5.74) is 10.7. The molecule has 0 aromatic heterocycles. The zero-order chi connectivity index (χ0) is 14.2. The van der Waals surface area contributed by atoms with Crippen LogP contribution in [0.4, 0.5) is 0 Å². The molecule has 2 rings (SSSR count). The molecule has 0 aliphatic heterocycles. The van der Waals surface area contributed by atoms with Gasteiger partial charge in [-0.05, 0) is 60.8 Å². The third kappa shape index (κ3) is 2.64. The summed E-state index contributed by atoms with van der Waals surface area (Å²) in [6, 6.07) is 4.47. The minimum absolute atomic E-state index is 0.141. The summed E-state index contributed by atoms with van der Waals surface area (Å²) in [5.74, 6) is 1.54. The first-order valence-corrected chi connectivity index (χ1v) is 7.27. The zero-order valence-corrected chi connectivity index (χ0v) is 12.9. The highest BCUT2D eigenvalue weighted by Crippen LogP contribution is 2.48. The smallest absolute Gasteiger partial charge is 0.122 e. The molecule has 2 unspecified atom stereocenters. The van der Waals surface area contributed by atoms with Crippen LogP contribution in [-0.4, -0.2) is 7.11 Å². The van der Waals surface area contributed by atoms with Gasteiger partial charge >= 0.3 is 0 Å². The number of nitrogens with two attached hydrogens (primary N) is 1. The Bertz CT molecular complexity index is 465. The van der Waals surface area contributed by atoms with Crippen molar-refractivity contribution in [3.8, 4) is 5.75 Å². The lowest BCUT2D eigenvalue weighted by Gasteiger charge is -2.33. The van der Waals surface area contributed by atoms with E-state index in [0.29, 0.717) is 11.3 Å². The van der Waals surface area contributed by atoms with E-state index in [9.17, 15) is 0 Å². The van der Waals surface area contributed by atoms with Gasteiger partial charge in [0.2, 0.25) is 0 Å². The first-order valence-electron chi connectivity index (χ1n) is 7.27. The van der Waals surface area contributed by atoms with E-state index in [1.54, 1.807) is 7.11 Å². The van der Waals surface area contributed by atoms with E-state index < -0.39 is 0 Å². The van der Waals surface area contributed by atoms with E-state index in [2.05, 4.69) is 39.8 Å². The second kappa shape index (κ2) is 5.16. The molecule has 19 heavy (non-hydrogen) atoms. The maximum absolute atomic E-state index is 6.60. The molecule has 0 amide bonds. The predicted octanol–water partition coefficient (Wildman–Crippen LogP) is 4.14. The quantitative estimate of drug-likeness (QED) is 0.887.